The number of carbonyl (C=O) groups is 2. The lowest BCUT2D eigenvalue weighted by Crippen LogP contribution is -2.53. The van der Waals surface area contributed by atoms with Crippen LogP contribution in [0.15, 0.2) is 0 Å². The van der Waals surface area contributed by atoms with Gasteiger partial charge in [-0.2, -0.15) is 0 Å². The Balaban J connectivity index is 1.69. The van der Waals surface area contributed by atoms with Gasteiger partial charge in [0.1, 0.15) is 0 Å². The number of hydrogen-bond acceptors (Lipinski definition) is 3. The summed E-state index contributed by atoms with van der Waals surface area (Å²) in [5, 5.41) is 2.86. The van der Waals surface area contributed by atoms with E-state index in [1.807, 2.05) is 6.92 Å². The summed E-state index contributed by atoms with van der Waals surface area (Å²) in [6.07, 6.45) is 0. The number of nitrogens with one attached hydrogen (secondary N) is 1. The van der Waals surface area contributed by atoms with Gasteiger partial charge in [0.05, 0.1) is 18.6 Å². The molecular weight excluding hydrogens is 222 g/mol. The van der Waals surface area contributed by atoms with Crippen LogP contribution in [0.5, 0.6) is 0 Å². The van der Waals surface area contributed by atoms with Crippen molar-refractivity contribution in [3.63, 3.8) is 0 Å². The van der Waals surface area contributed by atoms with Gasteiger partial charge >= 0.3 is 6.03 Å². The van der Waals surface area contributed by atoms with E-state index in [0.717, 1.165) is 13.1 Å². The molecule has 0 radical (unpaired) electrons. The van der Waals surface area contributed by atoms with E-state index < -0.39 is 0 Å². The highest BCUT2D eigenvalue weighted by Gasteiger charge is 2.40. The molecule has 96 valence electrons. The summed E-state index contributed by atoms with van der Waals surface area (Å²) in [4.78, 5) is 26.8. The van der Waals surface area contributed by atoms with Gasteiger partial charge in [-0.15, -0.1) is 0 Å². The van der Waals surface area contributed by atoms with Crippen LogP contribution in [-0.4, -0.2) is 68.2 Å². The molecule has 0 aromatic heterocycles. The lowest BCUT2D eigenvalue weighted by atomic mass is 9.88. The third-order valence-electron chi connectivity index (χ3n) is 3.36. The minimum Gasteiger partial charge on any atom is -0.379 e. The molecule has 0 aliphatic carbocycles. The second-order valence-corrected chi connectivity index (χ2v) is 5.00. The van der Waals surface area contributed by atoms with Crippen molar-refractivity contribution in [3.8, 4) is 0 Å². The van der Waals surface area contributed by atoms with Crippen molar-refractivity contribution < 1.29 is 14.3 Å². The summed E-state index contributed by atoms with van der Waals surface area (Å²) in [5.41, 5.74) is -0.369. The molecule has 6 heteroatoms. The van der Waals surface area contributed by atoms with Crippen molar-refractivity contribution in [2.24, 2.45) is 5.41 Å². The van der Waals surface area contributed by atoms with Crippen LogP contribution in [0.1, 0.15) is 6.92 Å². The van der Waals surface area contributed by atoms with E-state index >= 15 is 0 Å². The van der Waals surface area contributed by atoms with E-state index in [2.05, 4.69) is 5.32 Å². The van der Waals surface area contributed by atoms with Crippen LogP contribution < -0.4 is 5.32 Å². The summed E-state index contributed by atoms with van der Waals surface area (Å²) < 4.78 is 5.04. The Morgan fingerprint density at radius 1 is 1.47 bits per heavy atom. The fraction of sp³-hybridized carbons (Fsp3) is 0.818. The second-order valence-electron chi connectivity index (χ2n) is 5.00. The Bertz CT molecular complexity index is 328. The third-order valence-corrected chi connectivity index (χ3v) is 3.36. The van der Waals surface area contributed by atoms with E-state index in [0.29, 0.717) is 26.3 Å². The number of rotatable bonds is 4. The molecule has 0 aromatic carbocycles. The number of nitrogens with zero attached hydrogens (tertiary/aromatic N) is 2. The summed E-state index contributed by atoms with van der Waals surface area (Å²) in [5.74, 6) is 0.0174. The topological polar surface area (TPSA) is 61.9 Å². The predicted octanol–water partition coefficient (Wildman–Crippen LogP) is -0.493. The summed E-state index contributed by atoms with van der Waals surface area (Å²) in [6.45, 7) is 5.46. The molecule has 0 bridgehead atoms. The monoisotopic (exact) mass is 241 g/mol. The standard InChI is InChI=1S/C11H19N3O3/c1-11(7-17-8-11)9(15)12-3-4-14-6-5-13(2)10(14)16/h3-8H2,1-2H3,(H,12,15). The largest absolute Gasteiger partial charge is 0.379 e. The average Bonchev–Trinajstić information content (AvgIpc) is 2.57. The summed E-state index contributed by atoms with van der Waals surface area (Å²) in [7, 11) is 1.79. The fourth-order valence-electron chi connectivity index (χ4n) is 1.97. The zero-order valence-corrected chi connectivity index (χ0v) is 10.4. The SMILES string of the molecule is CN1CCN(CCNC(=O)C2(C)COC2)C1=O. The van der Waals surface area contributed by atoms with Crippen LogP contribution in [0.2, 0.25) is 0 Å². The van der Waals surface area contributed by atoms with Crippen molar-refractivity contribution in [2.75, 3.05) is 46.4 Å². The Morgan fingerprint density at radius 2 is 2.18 bits per heavy atom. The normalized spacial score (nSPS) is 22.6. The molecule has 2 aliphatic heterocycles. The Labute approximate surface area is 101 Å². The quantitative estimate of drug-likeness (QED) is 0.722. The molecule has 0 unspecified atom stereocenters. The van der Waals surface area contributed by atoms with Gasteiger partial charge in [-0.05, 0) is 6.92 Å². The molecule has 3 amide bonds. The third kappa shape index (κ3) is 2.36. The molecule has 0 saturated carbocycles. The van der Waals surface area contributed by atoms with Crippen molar-refractivity contribution in [1.29, 1.82) is 0 Å². The van der Waals surface area contributed by atoms with Gasteiger partial charge in [-0.1, -0.05) is 0 Å². The van der Waals surface area contributed by atoms with E-state index in [9.17, 15) is 9.59 Å². The van der Waals surface area contributed by atoms with Gasteiger partial charge in [0.2, 0.25) is 5.91 Å². The number of carbonyl (C=O) groups excluding carboxylic acids is 2. The minimum atomic E-state index is -0.369. The number of hydrogen-bond donors (Lipinski definition) is 1. The Morgan fingerprint density at radius 3 is 2.65 bits per heavy atom. The van der Waals surface area contributed by atoms with Crippen LogP contribution in [0.25, 0.3) is 0 Å². The molecule has 2 heterocycles. The number of amides is 3. The van der Waals surface area contributed by atoms with Crippen LogP contribution >= 0.6 is 0 Å². The first kappa shape index (κ1) is 12.2. The molecule has 0 atom stereocenters. The van der Waals surface area contributed by atoms with Gasteiger partial charge in [0.25, 0.3) is 0 Å². The van der Waals surface area contributed by atoms with Gasteiger partial charge in [0.15, 0.2) is 0 Å². The molecule has 0 aromatic rings. The highest BCUT2D eigenvalue weighted by molar-refractivity contribution is 5.83. The molecular formula is C11H19N3O3. The van der Waals surface area contributed by atoms with Crippen LogP contribution in [0, 0.1) is 5.41 Å². The van der Waals surface area contributed by atoms with Crippen molar-refractivity contribution in [1.82, 2.24) is 15.1 Å². The Kier molecular flexibility index (Phi) is 3.24. The van der Waals surface area contributed by atoms with Crippen LogP contribution in [-0.2, 0) is 9.53 Å². The highest BCUT2D eigenvalue weighted by atomic mass is 16.5. The molecule has 1 N–H and O–H groups in total. The zero-order valence-electron chi connectivity index (χ0n) is 10.4. The van der Waals surface area contributed by atoms with E-state index in [-0.39, 0.29) is 17.4 Å². The van der Waals surface area contributed by atoms with Crippen LogP contribution in [0.3, 0.4) is 0 Å². The predicted molar refractivity (Wildman–Crippen MR) is 61.5 cm³/mol. The second kappa shape index (κ2) is 4.52. The summed E-state index contributed by atoms with van der Waals surface area (Å²) >= 11 is 0. The molecule has 2 saturated heterocycles. The van der Waals surface area contributed by atoms with Gasteiger partial charge in [-0.3, -0.25) is 4.79 Å². The van der Waals surface area contributed by atoms with E-state index in [1.54, 1.807) is 16.8 Å². The first-order valence-electron chi connectivity index (χ1n) is 5.89. The van der Waals surface area contributed by atoms with Crippen molar-refractivity contribution in [2.45, 2.75) is 6.92 Å². The van der Waals surface area contributed by atoms with E-state index in [4.69, 9.17) is 4.74 Å². The lowest BCUT2D eigenvalue weighted by molar-refractivity contribution is -0.157. The van der Waals surface area contributed by atoms with Gasteiger partial charge in [-0.25, -0.2) is 4.79 Å². The number of urea groups is 1. The smallest absolute Gasteiger partial charge is 0.319 e. The maximum atomic E-state index is 11.8. The molecule has 6 nitrogen and oxygen atoms in total. The minimum absolute atomic E-state index is 0.0174. The van der Waals surface area contributed by atoms with Gasteiger partial charge < -0.3 is 19.9 Å². The molecule has 17 heavy (non-hydrogen) atoms. The first-order chi connectivity index (χ1) is 8.03. The van der Waals surface area contributed by atoms with Crippen molar-refractivity contribution in [3.05, 3.63) is 0 Å². The van der Waals surface area contributed by atoms with Gasteiger partial charge in [0, 0.05) is 33.2 Å². The van der Waals surface area contributed by atoms with E-state index in [1.165, 1.54) is 0 Å². The number of likely N-dealkylation sites (N-methyl/N-ethyl adjacent to an activating group) is 1. The first-order valence-corrected chi connectivity index (χ1v) is 5.89. The van der Waals surface area contributed by atoms with Crippen LogP contribution in [0.4, 0.5) is 4.79 Å². The maximum Gasteiger partial charge on any atom is 0.319 e. The highest BCUT2D eigenvalue weighted by Crippen LogP contribution is 2.26. The fourth-order valence-corrected chi connectivity index (χ4v) is 1.97. The summed E-state index contributed by atoms with van der Waals surface area (Å²) in [6, 6.07) is 0.0393. The maximum absolute atomic E-state index is 11.8. The molecule has 2 rings (SSSR count). The Hall–Kier alpha value is -1.30. The average molecular weight is 241 g/mol. The number of ether oxygens (including phenoxy) is 1. The molecule has 2 aliphatic rings. The molecule has 0 spiro atoms. The zero-order chi connectivity index (χ0) is 12.5. The van der Waals surface area contributed by atoms with Crippen molar-refractivity contribution >= 4 is 11.9 Å². The lowest BCUT2D eigenvalue weighted by Gasteiger charge is -2.36. The molecule has 2 fully saturated rings.